The largest absolute Gasteiger partial charge is 0.346 e. The Labute approximate surface area is 104 Å². The highest BCUT2D eigenvalue weighted by molar-refractivity contribution is 5.95. The molecule has 0 fully saturated rings. The molecule has 0 aliphatic carbocycles. The summed E-state index contributed by atoms with van der Waals surface area (Å²) >= 11 is 0. The molecule has 0 radical (unpaired) electrons. The van der Waals surface area contributed by atoms with E-state index in [9.17, 15) is 4.79 Å². The number of pyridine rings is 2. The van der Waals surface area contributed by atoms with E-state index in [4.69, 9.17) is 0 Å². The molecule has 88 valence electrons. The van der Waals surface area contributed by atoms with E-state index in [2.05, 4.69) is 15.0 Å². The maximum Gasteiger partial charge on any atom is 0.161 e. The predicted molar refractivity (Wildman–Crippen MR) is 69.3 cm³/mol. The van der Waals surface area contributed by atoms with Crippen molar-refractivity contribution in [1.82, 2.24) is 15.0 Å². The Morgan fingerprint density at radius 2 is 2.06 bits per heavy atom. The van der Waals surface area contributed by atoms with Gasteiger partial charge in [0.05, 0.1) is 5.69 Å². The smallest absolute Gasteiger partial charge is 0.161 e. The molecule has 3 rings (SSSR count). The lowest BCUT2D eigenvalue weighted by atomic mass is 10.1. The average Bonchev–Trinajstić information content (AvgIpc) is 2.87. The van der Waals surface area contributed by atoms with Crippen LogP contribution in [0, 0.1) is 0 Å². The van der Waals surface area contributed by atoms with Gasteiger partial charge in [-0.2, -0.15) is 0 Å². The molecule has 0 atom stereocenters. The zero-order valence-corrected chi connectivity index (χ0v) is 9.84. The van der Waals surface area contributed by atoms with Gasteiger partial charge in [0.25, 0.3) is 0 Å². The number of ketones is 1. The van der Waals surface area contributed by atoms with Gasteiger partial charge in [-0.15, -0.1) is 0 Å². The van der Waals surface area contributed by atoms with E-state index < -0.39 is 0 Å². The lowest BCUT2D eigenvalue weighted by Gasteiger charge is -2.03. The van der Waals surface area contributed by atoms with Crippen LogP contribution in [0.5, 0.6) is 0 Å². The lowest BCUT2D eigenvalue weighted by molar-refractivity contribution is 0.101. The predicted octanol–water partition coefficient (Wildman–Crippen LogP) is 2.83. The molecule has 0 saturated heterocycles. The zero-order chi connectivity index (χ0) is 12.5. The molecule has 0 aromatic carbocycles. The number of aromatic nitrogens is 3. The van der Waals surface area contributed by atoms with E-state index in [-0.39, 0.29) is 5.78 Å². The first kappa shape index (κ1) is 10.7. The minimum absolute atomic E-state index is 0.0237. The van der Waals surface area contributed by atoms with Crippen molar-refractivity contribution in [3.05, 3.63) is 48.4 Å². The summed E-state index contributed by atoms with van der Waals surface area (Å²) in [5.41, 5.74) is 3.31. The van der Waals surface area contributed by atoms with Crippen LogP contribution in [-0.2, 0) is 0 Å². The zero-order valence-electron chi connectivity index (χ0n) is 9.84. The van der Waals surface area contributed by atoms with Crippen molar-refractivity contribution in [1.29, 1.82) is 0 Å². The molecule has 1 N–H and O–H groups in total. The molecule has 0 aliphatic heterocycles. The number of nitrogens with one attached hydrogen (secondary N) is 1. The van der Waals surface area contributed by atoms with Crippen LogP contribution in [0.1, 0.15) is 17.3 Å². The van der Waals surface area contributed by atoms with E-state index in [1.807, 2.05) is 24.4 Å². The summed E-state index contributed by atoms with van der Waals surface area (Å²) in [4.78, 5) is 22.8. The quantitative estimate of drug-likeness (QED) is 0.697. The number of rotatable bonds is 2. The molecule has 18 heavy (non-hydrogen) atoms. The molecule has 4 heteroatoms. The van der Waals surface area contributed by atoms with Crippen LogP contribution in [0.2, 0.25) is 0 Å². The fourth-order valence-electron chi connectivity index (χ4n) is 1.95. The van der Waals surface area contributed by atoms with E-state index in [0.717, 1.165) is 22.3 Å². The molecular formula is C14H11N3O. The summed E-state index contributed by atoms with van der Waals surface area (Å²) in [5.74, 6) is 0.0237. The highest BCUT2D eigenvalue weighted by Crippen LogP contribution is 2.25. The van der Waals surface area contributed by atoms with Crippen LogP contribution >= 0.6 is 0 Å². The van der Waals surface area contributed by atoms with E-state index in [1.54, 1.807) is 18.5 Å². The molecular weight excluding hydrogens is 226 g/mol. The third-order valence-corrected chi connectivity index (χ3v) is 2.91. The standard InChI is InChI=1S/C14H11N3O/c1-9(18)10-2-3-13(17-8-10)11-4-6-15-14-12(11)5-7-16-14/h2-8H,1H3,(H,15,16). The number of nitrogens with zero attached hydrogens (tertiary/aromatic N) is 2. The Morgan fingerprint density at radius 1 is 1.17 bits per heavy atom. The number of fused-ring (bicyclic) bond motifs is 1. The third kappa shape index (κ3) is 1.68. The van der Waals surface area contributed by atoms with Gasteiger partial charge in [-0.05, 0) is 31.2 Å². The Hall–Kier alpha value is -2.49. The number of carbonyl (C=O) groups is 1. The monoisotopic (exact) mass is 237 g/mol. The first-order valence-corrected chi connectivity index (χ1v) is 5.65. The number of H-pyrrole nitrogens is 1. The topological polar surface area (TPSA) is 58.6 Å². The van der Waals surface area contributed by atoms with Crippen LogP contribution in [0.15, 0.2) is 42.9 Å². The summed E-state index contributed by atoms with van der Waals surface area (Å²) in [6.07, 6.45) is 5.20. The third-order valence-electron chi connectivity index (χ3n) is 2.91. The number of hydrogen-bond acceptors (Lipinski definition) is 3. The van der Waals surface area contributed by atoms with E-state index in [0.29, 0.717) is 5.56 Å². The van der Waals surface area contributed by atoms with Crippen LogP contribution in [0.4, 0.5) is 0 Å². The second kappa shape index (κ2) is 4.07. The molecule has 3 heterocycles. The maximum atomic E-state index is 11.2. The molecule has 0 amide bonds. The van der Waals surface area contributed by atoms with Gasteiger partial charge in [-0.25, -0.2) is 4.98 Å². The summed E-state index contributed by atoms with van der Waals surface area (Å²) in [7, 11) is 0. The van der Waals surface area contributed by atoms with Gasteiger partial charge in [0.2, 0.25) is 0 Å². The Bertz CT molecular complexity index is 713. The number of carbonyl (C=O) groups excluding carboxylic acids is 1. The van der Waals surface area contributed by atoms with Crippen molar-refractivity contribution in [2.45, 2.75) is 6.92 Å². The molecule has 0 saturated carbocycles. The van der Waals surface area contributed by atoms with Crippen molar-refractivity contribution in [2.75, 3.05) is 0 Å². The Kier molecular flexibility index (Phi) is 2.41. The lowest BCUT2D eigenvalue weighted by Crippen LogP contribution is -1.94. The minimum atomic E-state index is 0.0237. The fraction of sp³-hybridized carbons (Fsp3) is 0.0714. The first-order chi connectivity index (χ1) is 8.75. The molecule has 3 aromatic heterocycles. The van der Waals surface area contributed by atoms with Crippen molar-refractivity contribution >= 4 is 16.8 Å². The highest BCUT2D eigenvalue weighted by Gasteiger charge is 2.07. The van der Waals surface area contributed by atoms with Crippen LogP contribution in [0.3, 0.4) is 0 Å². The van der Waals surface area contributed by atoms with Crippen molar-refractivity contribution < 1.29 is 4.79 Å². The Balaban J connectivity index is 2.14. The molecule has 0 aliphatic rings. The normalized spacial score (nSPS) is 10.7. The van der Waals surface area contributed by atoms with Crippen molar-refractivity contribution in [2.24, 2.45) is 0 Å². The van der Waals surface area contributed by atoms with Crippen LogP contribution < -0.4 is 0 Å². The number of aromatic amines is 1. The number of Topliss-reactive ketones (excluding diaryl/α,β-unsaturated/α-hetero) is 1. The van der Waals surface area contributed by atoms with Gasteiger partial charge in [0.15, 0.2) is 5.78 Å². The SMILES string of the molecule is CC(=O)c1ccc(-c2ccnc3[nH]ccc23)nc1. The van der Waals surface area contributed by atoms with Crippen LogP contribution in [-0.4, -0.2) is 20.7 Å². The average molecular weight is 237 g/mol. The van der Waals surface area contributed by atoms with Gasteiger partial charge in [-0.3, -0.25) is 9.78 Å². The molecule has 3 aromatic rings. The summed E-state index contributed by atoms with van der Waals surface area (Å²) in [6.45, 7) is 1.54. The fourth-order valence-corrected chi connectivity index (χ4v) is 1.95. The van der Waals surface area contributed by atoms with Gasteiger partial charge >= 0.3 is 0 Å². The summed E-state index contributed by atoms with van der Waals surface area (Å²) in [5, 5.41) is 1.03. The molecule has 4 nitrogen and oxygen atoms in total. The molecule has 0 unspecified atom stereocenters. The maximum absolute atomic E-state index is 11.2. The summed E-state index contributed by atoms with van der Waals surface area (Å²) in [6, 6.07) is 7.55. The Morgan fingerprint density at radius 3 is 2.78 bits per heavy atom. The van der Waals surface area contributed by atoms with Gasteiger partial charge < -0.3 is 4.98 Å². The highest BCUT2D eigenvalue weighted by atomic mass is 16.1. The molecule has 0 spiro atoms. The minimum Gasteiger partial charge on any atom is -0.346 e. The van der Waals surface area contributed by atoms with Gasteiger partial charge in [0, 0.05) is 35.1 Å². The van der Waals surface area contributed by atoms with E-state index in [1.165, 1.54) is 6.92 Å². The van der Waals surface area contributed by atoms with Crippen molar-refractivity contribution in [3.63, 3.8) is 0 Å². The van der Waals surface area contributed by atoms with Crippen LogP contribution in [0.25, 0.3) is 22.3 Å². The van der Waals surface area contributed by atoms with Gasteiger partial charge in [0.1, 0.15) is 5.65 Å². The first-order valence-electron chi connectivity index (χ1n) is 5.65. The van der Waals surface area contributed by atoms with Crippen molar-refractivity contribution in [3.8, 4) is 11.3 Å². The molecule has 0 bridgehead atoms. The number of hydrogen-bond donors (Lipinski definition) is 1. The summed E-state index contributed by atoms with van der Waals surface area (Å²) < 4.78 is 0. The second-order valence-corrected chi connectivity index (χ2v) is 4.09. The van der Waals surface area contributed by atoms with E-state index >= 15 is 0 Å². The second-order valence-electron chi connectivity index (χ2n) is 4.09. The van der Waals surface area contributed by atoms with Gasteiger partial charge in [-0.1, -0.05) is 0 Å².